The van der Waals surface area contributed by atoms with Crippen molar-refractivity contribution in [1.29, 1.82) is 0 Å². The smallest absolute Gasteiger partial charge is 0.220 e. The van der Waals surface area contributed by atoms with Gasteiger partial charge in [-0.05, 0) is 64.2 Å². The van der Waals surface area contributed by atoms with Crippen LogP contribution in [-0.2, 0) is 14.3 Å². The SMILES string of the molecule is CC/C=C\C/C=C\C/C=C\C/C=C\C/C=C\C/C=C\CCCCC(=O)NC(COC1OC(CO)C(O)C(O)C1O)C(O)CCCCCCCCCCCCCCCCCCCCCCCC. The van der Waals surface area contributed by atoms with Gasteiger partial charge in [-0.15, -0.1) is 0 Å². The molecule has 0 aromatic carbocycles. The predicted molar refractivity (Wildman–Crippen MR) is 276 cm³/mol. The number of aliphatic hydroxyl groups is 5. The van der Waals surface area contributed by atoms with Gasteiger partial charge in [0.1, 0.15) is 24.4 Å². The summed E-state index contributed by atoms with van der Waals surface area (Å²) in [6, 6.07) is -0.747. The van der Waals surface area contributed by atoms with E-state index in [0.29, 0.717) is 19.3 Å². The Hall–Kier alpha value is -2.37. The highest BCUT2D eigenvalue weighted by Gasteiger charge is 2.44. The van der Waals surface area contributed by atoms with Crippen molar-refractivity contribution >= 4 is 5.91 Å². The molecule has 1 aliphatic heterocycles. The van der Waals surface area contributed by atoms with Crippen molar-refractivity contribution in [2.24, 2.45) is 0 Å². The van der Waals surface area contributed by atoms with Crippen LogP contribution in [0.5, 0.6) is 0 Å². The Morgan fingerprint density at radius 2 is 0.939 bits per heavy atom. The Balaban J connectivity index is 2.29. The van der Waals surface area contributed by atoms with Gasteiger partial charge in [-0.2, -0.15) is 0 Å². The van der Waals surface area contributed by atoms with Gasteiger partial charge < -0.3 is 40.3 Å². The third-order valence-corrected chi connectivity index (χ3v) is 12.6. The van der Waals surface area contributed by atoms with Crippen LogP contribution in [0.15, 0.2) is 72.9 Å². The van der Waals surface area contributed by atoms with E-state index in [4.69, 9.17) is 9.47 Å². The van der Waals surface area contributed by atoms with Crippen molar-refractivity contribution in [3.05, 3.63) is 72.9 Å². The molecule has 1 heterocycles. The molecule has 7 atom stereocenters. The van der Waals surface area contributed by atoms with Gasteiger partial charge in [0.15, 0.2) is 6.29 Å². The maximum atomic E-state index is 13.0. The molecule has 0 aliphatic carbocycles. The van der Waals surface area contributed by atoms with Gasteiger partial charge in [-0.3, -0.25) is 4.79 Å². The van der Waals surface area contributed by atoms with Gasteiger partial charge in [0.2, 0.25) is 5.91 Å². The number of carbonyl (C=O) groups is 1. The normalized spacial score (nSPS) is 20.4. The van der Waals surface area contributed by atoms with Crippen molar-refractivity contribution in [2.75, 3.05) is 13.2 Å². The summed E-state index contributed by atoms with van der Waals surface area (Å²) in [4.78, 5) is 13.0. The molecule has 1 aliphatic rings. The molecular formula is C57H101NO8. The summed E-state index contributed by atoms with van der Waals surface area (Å²) in [5, 5.41) is 54.6. The van der Waals surface area contributed by atoms with Crippen molar-refractivity contribution in [2.45, 2.75) is 269 Å². The van der Waals surface area contributed by atoms with Gasteiger partial charge in [0, 0.05) is 6.42 Å². The summed E-state index contributed by atoms with van der Waals surface area (Å²) in [6.45, 7) is 3.71. The third kappa shape index (κ3) is 35.7. The fourth-order valence-electron chi connectivity index (χ4n) is 8.28. The Bertz CT molecular complexity index is 1260. The first-order valence-electron chi connectivity index (χ1n) is 27.1. The van der Waals surface area contributed by atoms with E-state index in [9.17, 15) is 30.3 Å². The molecule has 1 rings (SSSR count). The largest absolute Gasteiger partial charge is 0.394 e. The maximum absolute atomic E-state index is 13.0. The van der Waals surface area contributed by atoms with E-state index < -0.39 is 49.5 Å². The van der Waals surface area contributed by atoms with Crippen LogP contribution < -0.4 is 5.32 Å². The summed E-state index contributed by atoms with van der Waals surface area (Å²) < 4.78 is 11.3. The summed E-state index contributed by atoms with van der Waals surface area (Å²) in [7, 11) is 0. The molecule has 0 radical (unpaired) electrons. The van der Waals surface area contributed by atoms with Crippen LogP contribution in [0.2, 0.25) is 0 Å². The minimum atomic E-state index is -1.57. The zero-order chi connectivity index (χ0) is 48.0. The molecule has 0 aromatic rings. The van der Waals surface area contributed by atoms with E-state index in [0.717, 1.165) is 70.6 Å². The van der Waals surface area contributed by atoms with Crippen LogP contribution in [0.3, 0.4) is 0 Å². The molecule has 1 fully saturated rings. The molecule has 0 aromatic heterocycles. The van der Waals surface area contributed by atoms with E-state index in [2.05, 4.69) is 92.1 Å². The van der Waals surface area contributed by atoms with Gasteiger partial charge >= 0.3 is 0 Å². The van der Waals surface area contributed by atoms with Crippen LogP contribution in [0.1, 0.15) is 226 Å². The Morgan fingerprint density at radius 3 is 1.36 bits per heavy atom. The molecule has 66 heavy (non-hydrogen) atoms. The number of aliphatic hydroxyl groups excluding tert-OH is 5. The van der Waals surface area contributed by atoms with Gasteiger partial charge in [0.25, 0.3) is 0 Å². The molecule has 0 spiro atoms. The highest BCUT2D eigenvalue weighted by atomic mass is 16.7. The number of ether oxygens (including phenoxy) is 2. The molecule has 1 amide bonds. The van der Waals surface area contributed by atoms with Gasteiger partial charge in [-0.1, -0.05) is 228 Å². The van der Waals surface area contributed by atoms with E-state index >= 15 is 0 Å². The molecule has 6 N–H and O–H groups in total. The third-order valence-electron chi connectivity index (χ3n) is 12.6. The Labute approximate surface area is 404 Å². The van der Waals surface area contributed by atoms with Crippen molar-refractivity contribution in [3.63, 3.8) is 0 Å². The lowest BCUT2D eigenvalue weighted by Gasteiger charge is -2.40. The summed E-state index contributed by atoms with van der Waals surface area (Å²) in [5.41, 5.74) is 0. The molecule has 9 nitrogen and oxygen atoms in total. The lowest BCUT2D eigenvalue weighted by molar-refractivity contribution is -0.302. The number of rotatable bonds is 45. The number of hydrogen-bond donors (Lipinski definition) is 6. The monoisotopic (exact) mass is 928 g/mol. The first-order valence-corrected chi connectivity index (χ1v) is 27.1. The summed E-state index contributed by atoms with van der Waals surface area (Å²) in [6.07, 6.45) is 56.3. The fourth-order valence-corrected chi connectivity index (χ4v) is 8.28. The van der Waals surface area contributed by atoms with Gasteiger partial charge in [-0.25, -0.2) is 0 Å². The average Bonchev–Trinajstić information content (AvgIpc) is 3.32. The number of allylic oxidation sites excluding steroid dienone is 12. The predicted octanol–water partition coefficient (Wildman–Crippen LogP) is 12.9. The van der Waals surface area contributed by atoms with E-state index in [1.165, 1.54) is 122 Å². The number of nitrogens with one attached hydrogen (secondary N) is 1. The van der Waals surface area contributed by atoms with E-state index in [1.807, 2.05) is 0 Å². The molecule has 9 heteroatoms. The van der Waals surface area contributed by atoms with Crippen LogP contribution in [0.4, 0.5) is 0 Å². The lowest BCUT2D eigenvalue weighted by Crippen LogP contribution is -2.60. The van der Waals surface area contributed by atoms with Crippen molar-refractivity contribution < 1.29 is 39.8 Å². The van der Waals surface area contributed by atoms with E-state index in [-0.39, 0.29) is 12.5 Å². The molecule has 1 saturated heterocycles. The lowest BCUT2D eigenvalue weighted by atomic mass is 9.99. The number of hydrogen-bond acceptors (Lipinski definition) is 8. The fraction of sp³-hybridized carbons (Fsp3) is 0.772. The highest BCUT2D eigenvalue weighted by molar-refractivity contribution is 5.76. The van der Waals surface area contributed by atoms with Crippen LogP contribution in [-0.4, -0.2) is 87.5 Å². The number of carbonyl (C=O) groups excluding carboxylic acids is 1. The molecule has 0 bridgehead atoms. The molecule has 382 valence electrons. The minimum absolute atomic E-state index is 0.159. The Kier molecular flexibility index (Phi) is 43.3. The Morgan fingerprint density at radius 1 is 0.530 bits per heavy atom. The molecule has 7 unspecified atom stereocenters. The second kappa shape index (κ2) is 46.4. The standard InChI is InChI=1S/C57H101NO8/c1-3-5-7-9-11-13-15-17-19-21-23-25-27-28-30-32-34-36-38-40-42-44-46-51(60)50(49-65-57-56(64)55(63)54(62)52(48-59)66-57)58-53(61)47-45-43-41-39-37-35-33-31-29-26-24-22-20-18-16-14-12-10-8-6-4-2/h6,8,12,14,18,20,24,26,31,33,37,39,50-52,54-57,59-60,62-64H,3-5,7,9-11,13,15-17,19,21-23,25,27-30,32,34-36,38,40-49H2,1-2H3,(H,58,61)/b8-6-,14-12-,20-18-,26-24-,33-31-,39-37-. The zero-order valence-electron chi connectivity index (χ0n) is 42.2. The number of amides is 1. The maximum Gasteiger partial charge on any atom is 0.220 e. The topological polar surface area (TPSA) is 149 Å². The minimum Gasteiger partial charge on any atom is -0.394 e. The average molecular weight is 928 g/mol. The number of unbranched alkanes of at least 4 members (excludes halogenated alkanes) is 23. The first kappa shape index (κ1) is 61.6. The van der Waals surface area contributed by atoms with Crippen LogP contribution in [0.25, 0.3) is 0 Å². The van der Waals surface area contributed by atoms with Crippen LogP contribution >= 0.6 is 0 Å². The second-order valence-corrected chi connectivity index (χ2v) is 18.6. The van der Waals surface area contributed by atoms with Crippen LogP contribution in [0, 0.1) is 0 Å². The molecular weight excluding hydrogens is 827 g/mol. The summed E-state index contributed by atoms with van der Waals surface area (Å²) in [5.74, 6) is -0.187. The zero-order valence-corrected chi connectivity index (χ0v) is 42.2. The quantitative estimate of drug-likeness (QED) is 0.0261. The second-order valence-electron chi connectivity index (χ2n) is 18.6. The van der Waals surface area contributed by atoms with E-state index in [1.54, 1.807) is 0 Å². The first-order chi connectivity index (χ1) is 32.3. The molecule has 0 saturated carbocycles. The summed E-state index contributed by atoms with van der Waals surface area (Å²) >= 11 is 0. The highest BCUT2D eigenvalue weighted by Crippen LogP contribution is 2.23. The van der Waals surface area contributed by atoms with Gasteiger partial charge in [0.05, 0.1) is 25.4 Å². The van der Waals surface area contributed by atoms with Crippen molar-refractivity contribution in [1.82, 2.24) is 5.32 Å². The van der Waals surface area contributed by atoms with Crippen molar-refractivity contribution in [3.8, 4) is 0 Å².